The summed E-state index contributed by atoms with van der Waals surface area (Å²) >= 11 is 0. The molecule has 0 atom stereocenters. The summed E-state index contributed by atoms with van der Waals surface area (Å²) in [6.07, 6.45) is 2.01. The maximum atomic E-state index is 12.9. The summed E-state index contributed by atoms with van der Waals surface area (Å²) in [6, 6.07) is 7.08. The van der Waals surface area contributed by atoms with E-state index >= 15 is 0 Å². The first-order valence-corrected chi connectivity index (χ1v) is 9.29. The van der Waals surface area contributed by atoms with E-state index in [0.29, 0.717) is 37.6 Å². The Morgan fingerprint density at radius 3 is 2.57 bits per heavy atom. The van der Waals surface area contributed by atoms with Gasteiger partial charge in [-0.1, -0.05) is 18.2 Å². The van der Waals surface area contributed by atoms with Gasteiger partial charge < -0.3 is 15.0 Å². The predicted molar refractivity (Wildman–Crippen MR) is 84.1 cm³/mol. The summed E-state index contributed by atoms with van der Waals surface area (Å²) < 4.78 is 31.1. The highest BCUT2D eigenvalue weighted by atomic mass is 32.2. The van der Waals surface area contributed by atoms with Crippen LogP contribution in [0.1, 0.15) is 18.4 Å². The molecule has 0 aromatic heterocycles. The zero-order valence-electron chi connectivity index (χ0n) is 12.6. The molecule has 6 nitrogen and oxygen atoms in total. The van der Waals surface area contributed by atoms with Crippen molar-refractivity contribution < 1.29 is 17.9 Å². The third kappa shape index (κ3) is 2.44. The monoisotopic (exact) mass is 334 g/mol. The summed E-state index contributed by atoms with van der Waals surface area (Å²) in [5.41, 5.74) is 1.08. The molecule has 2 heterocycles. The number of ether oxygens (including phenoxy) is 1. The van der Waals surface area contributed by atoms with Gasteiger partial charge in [-0.3, -0.25) is 4.79 Å². The lowest BCUT2D eigenvalue weighted by molar-refractivity contribution is -0.130. The first-order valence-electron chi connectivity index (χ1n) is 7.81. The molecule has 2 aliphatic heterocycles. The lowest BCUT2D eigenvalue weighted by Gasteiger charge is -2.27. The van der Waals surface area contributed by atoms with Gasteiger partial charge in [0.25, 0.3) is 5.91 Å². The number of fused-ring (bicyclic) bond motifs is 1. The highest BCUT2D eigenvalue weighted by Gasteiger charge is 2.43. The lowest BCUT2D eigenvalue weighted by Crippen LogP contribution is -2.42. The van der Waals surface area contributed by atoms with E-state index in [4.69, 9.17) is 4.74 Å². The van der Waals surface area contributed by atoms with Crippen molar-refractivity contribution in [1.82, 2.24) is 10.2 Å². The minimum atomic E-state index is -3.78. The van der Waals surface area contributed by atoms with Gasteiger partial charge in [-0.2, -0.15) is 0 Å². The number of carbonyl (C=O) groups is 1. The quantitative estimate of drug-likeness (QED) is 0.883. The van der Waals surface area contributed by atoms with Crippen molar-refractivity contribution >= 4 is 21.4 Å². The number of hydrogen-bond donors (Lipinski definition) is 1. The first-order chi connectivity index (χ1) is 11.1. The molecule has 1 aliphatic carbocycles. The van der Waals surface area contributed by atoms with Crippen LogP contribution in [0.15, 0.2) is 34.1 Å². The van der Waals surface area contributed by atoms with Crippen LogP contribution < -0.4 is 5.32 Å². The number of sulfone groups is 1. The number of rotatable bonds is 3. The summed E-state index contributed by atoms with van der Waals surface area (Å²) in [6.45, 7) is 1.73. The molecule has 23 heavy (non-hydrogen) atoms. The minimum Gasteiger partial charge on any atom is -0.381 e. The third-order valence-electron chi connectivity index (χ3n) is 4.36. The van der Waals surface area contributed by atoms with Crippen LogP contribution in [0.5, 0.6) is 0 Å². The highest BCUT2D eigenvalue weighted by molar-refractivity contribution is 7.97. The number of morpholine rings is 1. The van der Waals surface area contributed by atoms with E-state index < -0.39 is 15.7 Å². The zero-order chi connectivity index (χ0) is 16.0. The van der Waals surface area contributed by atoms with E-state index in [1.807, 2.05) is 0 Å². The Morgan fingerprint density at radius 2 is 1.87 bits per heavy atom. The molecule has 1 aromatic carbocycles. The molecule has 1 saturated heterocycles. The fourth-order valence-electron chi connectivity index (χ4n) is 2.98. The van der Waals surface area contributed by atoms with Crippen molar-refractivity contribution in [3.8, 4) is 0 Å². The van der Waals surface area contributed by atoms with Gasteiger partial charge in [0.2, 0.25) is 9.84 Å². The number of benzene rings is 1. The minimum absolute atomic E-state index is 0.104. The van der Waals surface area contributed by atoms with E-state index in [1.54, 1.807) is 29.2 Å². The van der Waals surface area contributed by atoms with Crippen molar-refractivity contribution in [2.45, 2.75) is 23.8 Å². The van der Waals surface area contributed by atoms with E-state index in [0.717, 1.165) is 12.8 Å². The van der Waals surface area contributed by atoms with E-state index in [2.05, 4.69) is 5.32 Å². The number of hydrogen-bond acceptors (Lipinski definition) is 5. The number of amides is 1. The normalized spacial score (nSPS) is 22.9. The average molecular weight is 334 g/mol. The number of nitrogens with one attached hydrogen (secondary N) is 1. The van der Waals surface area contributed by atoms with Crippen molar-refractivity contribution in [1.29, 1.82) is 0 Å². The van der Waals surface area contributed by atoms with Gasteiger partial charge in [0.05, 0.1) is 23.8 Å². The Morgan fingerprint density at radius 1 is 1.17 bits per heavy atom. The van der Waals surface area contributed by atoms with Crippen molar-refractivity contribution in [2.24, 2.45) is 0 Å². The summed E-state index contributed by atoms with van der Waals surface area (Å²) in [5.74, 6) is -0.423. The largest absolute Gasteiger partial charge is 0.381 e. The number of nitrogens with zero attached hydrogens (tertiary/aromatic N) is 1. The molecule has 1 amide bonds. The van der Waals surface area contributed by atoms with Crippen LogP contribution in [0.25, 0.3) is 5.70 Å². The number of carbonyl (C=O) groups excluding carboxylic acids is 1. The molecular weight excluding hydrogens is 316 g/mol. The van der Waals surface area contributed by atoms with Crippen LogP contribution in [0.2, 0.25) is 0 Å². The van der Waals surface area contributed by atoms with Crippen LogP contribution in [-0.4, -0.2) is 51.6 Å². The van der Waals surface area contributed by atoms with Crippen molar-refractivity contribution in [2.75, 3.05) is 26.3 Å². The molecule has 0 spiro atoms. The van der Waals surface area contributed by atoms with Gasteiger partial charge >= 0.3 is 0 Å². The first kappa shape index (κ1) is 14.7. The molecule has 2 fully saturated rings. The second-order valence-corrected chi connectivity index (χ2v) is 7.88. The van der Waals surface area contributed by atoms with Gasteiger partial charge in [0.15, 0.2) is 4.91 Å². The lowest BCUT2D eigenvalue weighted by atomic mass is 10.1. The standard InChI is InChI=1S/C16H18N2O4S/c19-16(18-7-9-22-10-8-18)15-14(17-11-5-6-11)12-3-1-2-4-13(12)23(15,20)21/h1-4,11,17H,5-10H2. The molecule has 0 radical (unpaired) electrons. The topological polar surface area (TPSA) is 75.7 Å². The van der Waals surface area contributed by atoms with E-state index in [9.17, 15) is 13.2 Å². The molecule has 1 saturated carbocycles. The van der Waals surface area contributed by atoms with Gasteiger partial charge in [-0.05, 0) is 18.9 Å². The van der Waals surface area contributed by atoms with Gasteiger partial charge in [0, 0.05) is 24.7 Å². The fourth-order valence-corrected chi connectivity index (χ4v) is 4.72. The zero-order valence-corrected chi connectivity index (χ0v) is 13.4. The Hall–Kier alpha value is -1.86. The Balaban J connectivity index is 1.81. The Kier molecular flexibility index (Phi) is 3.42. The molecule has 1 N–H and O–H groups in total. The second kappa shape index (κ2) is 5.35. The summed E-state index contributed by atoms with van der Waals surface area (Å²) in [4.78, 5) is 14.6. The van der Waals surface area contributed by atoms with Crippen LogP contribution in [0, 0.1) is 0 Å². The van der Waals surface area contributed by atoms with Gasteiger partial charge in [0.1, 0.15) is 0 Å². The van der Waals surface area contributed by atoms with Crippen LogP contribution in [0.3, 0.4) is 0 Å². The van der Waals surface area contributed by atoms with Gasteiger partial charge in [-0.15, -0.1) is 0 Å². The molecule has 1 aromatic rings. The molecule has 4 rings (SSSR count). The molecule has 0 unspecified atom stereocenters. The SMILES string of the molecule is O=C(C1=C(NC2CC2)c2ccccc2S1(=O)=O)N1CCOCC1. The van der Waals surface area contributed by atoms with Crippen molar-refractivity contribution in [3.63, 3.8) is 0 Å². The fraction of sp³-hybridized carbons (Fsp3) is 0.438. The second-order valence-electron chi connectivity index (χ2n) is 6.03. The molecular formula is C16H18N2O4S. The smallest absolute Gasteiger partial charge is 0.268 e. The van der Waals surface area contributed by atoms with Crippen LogP contribution >= 0.6 is 0 Å². The van der Waals surface area contributed by atoms with E-state index in [1.165, 1.54) is 0 Å². The van der Waals surface area contributed by atoms with E-state index in [-0.39, 0.29) is 15.8 Å². The Bertz CT molecular complexity index is 790. The maximum absolute atomic E-state index is 12.9. The highest BCUT2D eigenvalue weighted by Crippen LogP contribution is 2.40. The average Bonchev–Trinajstić information content (AvgIpc) is 3.35. The van der Waals surface area contributed by atoms with Crippen LogP contribution in [0.4, 0.5) is 0 Å². The molecule has 7 heteroatoms. The van der Waals surface area contributed by atoms with Gasteiger partial charge in [-0.25, -0.2) is 8.42 Å². The molecule has 0 bridgehead atoms. The third-order valence-corrected chi connectivity index (χ3v) is 6.21. The van der Waals surface area contributed by atoms with Crippen LogP contribution in [-0.2, 0) is 19.4 Å². The van der Waals surface area contributed by atoms with Crippen molar-refractivity contribution in [3.05, 3.63) is 34.7 Å². The predicted octanol–water partition coefficient (Wildman–Crippen LogP) is 0.753. The Labute approximate surface area is 135 Å². The molecule has 122 valence electrons. The maximum Gasteiger partial charge on any atom is 0.268 e. The summed E-state index contributed by atoms with van der Waals surface area (Å²) in [5, 5.41) is 3.26. The molecule has 3 aliphatic rings. The summed E-state index contributed by atoms with van der Waals surface area (Å²) in [7, 11) is -3.78.